The van der Waals surface area contributed by atoms with Crippen molar-refractivity contribution in [2.45, 2.75) is 58.8 Å². The number of aryl methyl sites for hydroxylation is 1. The van der Waals surface area contributed by atoms with Crippen molar-refractivity contribution in [3.05, 3.63) is 58.4 Å². The maximum absolute atomic E-state index is 13.9. The van der Waals surface area contributed by atoms with E-state index >= 15 is 0 Å². The van der Waals surface area contributed by atoms with E-state index in [0.717, 1.165) is 42.5 Å². The average molecular weight is 401 g/mol. The SMILES string of the molecule is CCCCC(C)(C)c1cc(O)c(C(=O)Nc2ccc(C(=O)O)c(F)c2)cc1CC. The maximum atomic E-state index is 13.9. The molecular weight excluding hydrogens is 373 g/mol. The fraction of sp³-hybridized carbons (Fsp3) is 0.391. The number of carboxylic acids is 1. The molecule has 1 amide bonds. The van der Waals surface area contributed by atoms with E-state index in [-0.39, 0.29) is 22.4 Å². The highest BCUT2D eigenvalue weighted by Gasteiger charge is 2.25. The van der Waals surface area contributed by atoms with Crippen LogP contribution in [0.2, 0.25) is 0 Å². The molecule has 0 heterocycles. The molecule has 3 N–H and O–H groups in total. The lowest BCUT2D eigenvalue weighted by Gasteiger charge is -2.28. The van der Waals surface area contributed by atoms with Gasteiger partial charge < -0.3 is 15.5 Å². The third kappa shape index (κ3) is 5.13. The van der Waals surface area contributed by atoms with Crippen LogP contribution in [0.5, 0.6) is 5.75 Å². The van der Waals surface area contributed by atoms with Gasteiger partial charge in [0.25, 0.3) is 5.91 Å². The number of hydrogen-bond donors (Lipinski definition) is 3. The summed E-state index contributed by atoms with van der Waals surface area (Å²) in [6.07, 6.45) is 3.82. The van der Waals surface area contributed by atoms with Crippen LogP contribution in [0.3, 0.4) is 0 Å². The summed E-state index contributed by atoms with van der Waals surface area (Å²) >= 11 is 0. The Morgan fingerprint density at radius 2 is 1.79 bits per heavy atom. The molecule has 156 valence electrons. The highest BCUT2D eigenvalue weighted by molar-refractivity contribution is 6.06. The molecule has 0 unspecified atom stereocenters. The van der Waals surface area contributed by atoms with Crippen LogP contribution in [0.1, 0.15) is 78.8 Å². The zero-order valence-electron chi connectivity index (χ0n) is 17.3. The average Bonchev–Trinajstić information content (AvgIpc) is 2.65. The van der Waals surface area contributed by atoms with Crippen molar-refractivity contribution in [1.82, 2.24) is 0 Å². The molecular formula is C23H28FNO4. The summed E-state index contributed by atoms with van der Waals surface area (Å²) in [7, 11) is 0. The topological polar surface area (TPSA) is 86.6 Å². The number of anilines is 1. The summed E-state index contributed by atoms with van der Waals surface area (Å²) in [5, 5.41) is 21.9. The number of phenolic OH excluding ortho intramolecular Hbond substituents is 1. The predicted octanol–water partition coefficient (Wildman–Crippen LogP) is 5.51. The Hall–Kier alpha value is -2.89. The molecule has 0 aliphatic carbocycles. The molecule has 2 aromatic rings. The lowest BCUT2D eigenvalue weighted by Crippen LogP contribution is -2.21. The van der Waals surface area contributed by atoms with Gasteiger partial charge >= 0.3 is 5.97 Å². The van der Waals surface area contributed by atoms with Crippen molar-refractivity contribution in [3.8, 4) is 5.75 Å². The second-order valence-electron chi connectivity index (χ2n) is 7.82. The van der Waals surface area contributed by atoms with Crippen molar-refractivity contribution in [2.75, 3.05) is 5.32 Å². The molecule has 0 atom stereocenters. The number of benzene rings is 2. The highest BCUT2D eigenvalue weighted by atomic mass is 19.1. The molecule has 6 heteroatoms. The monoisotopic (exact) mass is 401 g/mol. The first-order valence-electron chi connectivity index (χ1n) is 9.81. The zero-order valence-corrected chi connectivity index (χ0v) is 17.3. The first-order valence-corrected chi connectivity index (χ1v) is 9.81. The van der Waals surface area contributed by atoms with Gasteiger partial charge in [0.15, 0.2) is 0 Å². The van der Waals surface area contributed by atoms with Gasteiger partial charge in [0.2, 0.25) is 0 Å². The van der Waals surface area contributed by atoms with Crippen molar-refractivity contribution >= 4 is 17.6 Å². The molecule has 2 rings (SSSR count). The number of aromatic hydroxyl groups is 1. The predicted molar refractivity (Wildman–Crippen MR) is 111 cm³/mol. The molecule has 5 nitrogen and oxygen atoms in total. The van der Waals surface area contributed by atoms with E-state index in [4.69, 9.17) is 5.11 Å². The van der Waals surface area contributed by atoms with Crippen LogP contribution in [0.15, 0.2) is 30.3 Å². The van der Waals surface area contributed by atoms with Gasteiger partial charge in [-0.25, -0.2) is 9.18 Å². The summed E-state index contributed by atoms with van der Waals surface area (Å²) in [5.74, 6) is -3.05. The lowest BCUT2D eigenvalue weighted by atomic mass is 9.77. The molecule has 2 aromatic carbocycles. The first-order chi connectivity index (χ1) is 13.6. The number of aromatic carboxylic acids is 1. The minimum atomic E-state index is -1.38. The molecule has 0 fully saturated rings. The van der Waals surface area contributed by atoms with Crippen LogP contribution >= 0.6 is 0 Å². The summed E-state index contributed by atoms with van der Waals surface area (Å²) < 4.78 is 13.9. The lowest BCUT2D eigenvalue weighted by molar-refractivity contribution is 0.0691. The largest absolute Gasteiger partial charge is 0.507 e. The molecule has 0 aliphatic heterocycles. The third-order valence-corrected chi connectivity index (χ3v) is 5.19. The van der Waals surface area contributed by atoms with Gasteiger partial charge in [-0.3, -0.25) is 4.79 Å². The molecule has 0 saturated carbocycles. The highest BCUT2D eigenvalue weighted by Crippen LogP contribution is 2.36. The maximum Gasteiger partial charge on any atom is 0.338 e. The van der Waals surface area contributed by atoms with Crippen molar-refractivity contribution in [3.63, 3.8) is 0 Å². The molecule has 0 spiro atoms. The van der Waals surface area contributed by atoms with Gasteiger partial charge in [-0.2, -0.15) is 0 Å². The van der Waals surface area contributed by atoms with Crippen LogP contribution in [0.4, 0.5) is 10.1 Å². The van der Waals surface area contributed by atoms with Gasteiger partial charge in [0.1, 0.15) is 11.6 Å². The standard InChI is InChI=1S/C23H28FNO4/c1-5-7-10-23(3,4)18-13-20(26)17(11-14(18)6-2)21(27)25-15-8-9-16(22(28)29)19(24)12-15/h8-9,11-13,26H,5-7,10H2,1-4H3,(H,25,27)(H,28,29). The zero-order chi connectivity index (χ0) is 21.8. The molecule has 29 heavy (non-hydrogen) atoms. The third-order valence-electron chi connectivity index (χ3n) is 5.19. The number of hydrogen-bond acceptors (Lipinski definition) is 3. The minimum absolute atomic E-state index is 0.0969. The number of rotatable bonds is 8. The molecule has 0 radical (unpaired) electrons. The number of unbranched alkanes of at least 4 members (excludes halogenated alkanes) is 1. The van der Waals surface area contributed by atoms with E-state index < -0.39 is 23.3 Å². The van der Waals surface area contributed by atoms with E-state index in [1.54, 1.807) is 12.1 Å². The number of phenols is 1. The van der Waals surface area contributed by atoms with E-state index in [1.165, 1.54) is 6.07 Å². The second kappa shape index (κ2) is 9.07. The summed E-state index contributed by atoms with van der Waals surface area (Å²) in [6.45, 7) is 8.38. The van der Waals surface area contributed by atoms with E-state index in [2.05, 4.69) is 26.1 Å². The van der Waals surface area contributed by atoms with Gasteiger partial charge in [-0.15, -0.1) is 0 Å². The summed E-state index contributed by atoms with van der Waals surface area (Å²) in [4.78, 5) is 23.6. The van der Waals surface area contributed by atoms with Crippen LogP contribution in [0.25, 0.3) is 0 Å². The number of nitrogens with one attached hydrogen (secondary N) is 1. The van der Waals surface area contributed by atoms with Crippen molar-refractivity contribution in [2.24, 2.45) is 0 Å². The summed E-state index contributed by atoms with van der Waals surface area (Å²) in [6, 6.07) is 6.67. The molecule has 0 aromatic heterocycles. The summed E-state index contributed by atoms with van der Waals surface area (Å²) in [5.41, 5.74) is 1.59. The van der Waals surface area contributed by atoms with Crippen molar-refractivity contribution < 1.29 is 24.2 Å². The smallest absolute Gasteiger partial charge is 0.338 e. The Morgan fingerprint density at radius 3 is 2.34 bits per heavy atom. The van der Waals surface area contributed by atoms with E-state index in [9.17, 15) is 19.1 Å². The normalized spacial score (nSPS) is 11.3. The van der Waals surface area contributed by atoms with E-state index in [0.29, 0.717) is 6.42 Å². The fourth-order valence-electron chi connectivity index (χ4n) is 3.46. The van der Waals surface area contributed by atoms with Gasteiger partial charge in [-0.1, -0.05) is 40.5 Å². The Bertz CT molecular complexity index is 921. The Labute approximate surface area is 170 Å². The molecule has 0 bridgehead atoms. The number of carbonyl (C=O) groups excluding carboxylic acids is 1. The molecule has 0 aliphatic rings. The Kier molecular flexibility index (Phi) is 7.01. The van der Waals surface area contributed by atoms with E-state index in [1.807, 2.05) is 6.92 Å². The van der Waals surface area contributed by atoms with Crippen molar-refractivity contribution in [1.29, 1.82) is 0 Å². The quantitative estimate of drug-likeness (QED) is 0.544. The number of halogens is 1. The van der Waals surface area contributed by atoms with Crippen LogP contribution in [-0.4, -0.2) is 22.1 Å². The minimum Gasteiger partial charge on any atom is -0.507 e. The van der Waals surface area contributed by atoms with Crippen LogP contribution < -0.4 is 5.32 Å². The van der Waals surface area contributed by atoms with Gasteiger partial charge in [0, 0.05) is 5.69 Å². The Balaban J connectivity index is 2.34. The van der Waals surface area contributed by atoms with Crippen LogP contribution in [0, 0.1) is 5.82 Å². The number of carbonyl (C=O) groups is 2. The van der Waals surface area contributed by atoms with Crippen LogP contribution in [-0.2, 0) is 11.8 Å². The number of amides is 1. The Morgan fingerprint density at radius 1 is 1.10 bits per heavy atom. The molecule has 0 saturated heterocycles. The number of carboxylic acid groups (broad SMARTS) is 1. The second-order valence-corrected chi connectivity index (χ2v) is 7.82. The van der Waals surface area contributed by atoms with Gasteiger partial charge in [0.05, 0.1) is 11.1 Å². The fourth-order valence-corrected chi connectivity index (χ4v) is 3.46. The first kappa shape index (κ1) is 22.4. The van der Waals surface area contributed by atoms with Gasteiger partial charge in [-0.05, 0) is 59.7 Å².